The van der Waals surface area contributed by atoms with E-state index < -0.39 is 0 Å². The molecule has 90 valence electrons. The number of H-pyrrole nitrogens is 1. The number of nitrogens with zero attached hydrogens (tertiary/aromatic N) is 1. The first-order valence-corrected chi connectivity index (χ1v) is 5.86. The lowest BCUT2D eigenvalue weighted by Gasteiger charge is -1.98. The molecule has 0 saturated carbocycles. The number of hydrogen-bond acceptors (Lipinski definition) is 2. The lowest BCUT2D eigenvalue weighted by molar-refractivity contribution is 0.684. The van der Waals surface area contributed by atoms with Crippen molar-refractivity contribution in [1.29, 1.82) is 0 Å². The first-order chi connectivity index (χ1) is 8.75. The summed E-state index contributed by atoms with van der Waals surface area (Å²) in [5.41, 5.74) is 0.560. The third kappa shape index (κ3) is 1.72. The number of rotatable bonds is 1. The highest BCUT2D eigenvalue weighted by Gasteiger charge is 2.08. The van der Waals surface area contributed by atoms with Gasteiger partial charge in [0.15, 0.2) is 0 Å². The molecule has 0 unspecified atom stereocenters. The highest BCUT2D eigenvalue weighted by atomic mass is 16.1. The van der Waals surface area contributed by atoms with E-state index in [9.17, 15) is 9.59 Å². The molecule has 1 N–H and O–H groups in total. The summed E-state index contributed by atoms with van der Waals surface area (Å²) >= 11 is 0. The Kier molecular flexibility index (Phi) is 2.48. The van der Waals surface area contributed by atoms with E-state index in [1.54, 1.807) is 12.2 Å². The minimum atomic E-state index is -0.200. The molecule has 4 nitrogen and oxygen atoms in total. The van der Waals surface area contributed by atoms with Gasteiger partial charge in [-0.2, -0.15) is 0 Å². The smallest absolute Gasteiger partial charge is 0.274 e. The molecule has 0 spiro atoms. The molecule has 1 aromatic carbocycles. The third-order valence-corrected chi connectivity index (χ3v) is 3.05. The van der Waals surface area contributed by atoms with Crippen LogP contribution in [-0.4, -0.2) is 9.55 Å². The molecule has 0 saturated heterocycles. The van der Waals surface area contributed by atoms with Crippen molar-refractivity contribution in [1.82, 2.24) is 9.55 Å². The molecule has 0 fully saturated rings. The molecule has 0 bridgehead atoms. The summed E-state index contributed by atoms with van der Waals surface area (Å²) in [6.45, 7) is 0.591. The number of aromatic amines is 1. The van der Waals surface area contributed by atoms with Crippen molar-refractivity contribution in [2.75, 3.05) is 0 Å². The lowest BCUT2D eigenvalue weighted by atomic mass is 10.2. The predicted octanol–water partition coefficient (Wildman–Crippen LogP) is -0.450. The Balaban J connectivity index is 2.31. The monoisotopic (exact) mass is 240 g/mol. The van der Waals surface area contributed by atoms with E-state index in [-0.39, 0.29) is 11.1 Å². The van der Waals surface area contributed by atoms with Gasteiger partial charge in [-0.1, -0.05) is 36.4 Å². The van der Waals surface area contributed by atoms with Crippen LogP contribution >= 0.6 is 0 Å². The van der Waals surface area contributed by atoms with Crippen LogP contribution in [0.1, 0.15) is 12.0 Å². The summed E-state index contributed by atoms with van der Waals surface area (Å²) < 4.78 is 1.54. The van der Waals surface area contributed by atoms with E-state index in [1.165, 1.54) is 4.57 Å². The molecule has 0 radical (unpaired) electrons. The molecule has 1 aliphatic rings. The van der Waals surface area contributed by atoms with E-state index in [2.05, 4.69) is 4.98 Å². The molecule has 2 aromatic rings. The zero-order valence-electron chi connectivity index (χ0n) is 9.72. The zero-order chi connectivity index (χ0) is 12.5. The molecule has 18 heavy (non-hydrogen) atoms. The highest BCUT2D eigenvalue weighted by molar-refractivity contribution is 5.47. The Bertz CT molecular complexity index is 814. The highest BCUT2D eigenvalue weighted by Crippen LogP contribution is 1.97. The second kappa shape index (κ2) is 4.14. The fraction of sp³-hybridized carbons (Fsp3) is 0.143. The van der Waals surface area contributed by atoms with Crippen LogP contribution in [0.3, 0.4) is 0 Å². The van der Waals surface area contributed by atoms with Gasteiger partial charge in [0.25, 0.3) is 11.1 Å². The van der Waals surface area contributed by atoms with Crippen LogP contribution in [0.2, 0.25) is 0 Å². The molecule has 1 aromatic heterocycles. The van der Waals surface area contributed by atoms with Crippen molar-refractivity contribution >= 4 is 12.2 Å². The first-order valence-electron chi connectivity index (χ1n) is 5.86. The van der Waals surface area contributed by atoms with Gasteiger partial charge >= 0.3 is 0 Å². The maximum Gasteiger partial charge on any atom is 0.274 e. The molecular formula is C14H12N2O2. The van der Waals surface area contributed by atoms with Crippen LogP contribution in [0.15, 0.2) is 39.9 Å². The molecule has 0 atom stereocenters. The number of hydrogen-bond donors (Lipinski definition) is 1. The average molecular weight is 240 g/mol. The summed E-state index contributed by atoms with van der Waals surface area (Å²) in [5, 5.41) is 0.815. The topological polar surface area (TPSA) is 54.9 Å². The predicted molar refractivity (Wildman–Crippen MR) is 69.7 cm³/mol. The average Bonchev–Trinajstić information content (AvgIpc) is 2.87. The SMILES string of the molecule is O=c1[nH]/c(=C/c2ccccc2)c(=O)n2c1=CCC2. The van der Waals surface area contributed by atoms with Gasteiger partial charge in [0.1, 0.15) is 10.7 Å². The lowest BCUT2D eigenvalue weighted by Crippen LogP contribution is -2.51. The molecule has 4 heteroatoms. The standard InChI is InChI=1S/C14H12N2O2/c17-13-12-7-4-8-16(12)14(18)11(15-13)9-10-5-2-1-3-6-10/h1-3,5-7,9H,4,8H2,(H,15,17)/b11-9+. The van der Waals surface area contributed by atoms with Crippen molar-refractivity contribution in [2.45, 2.75) is 13.0 Å². The van der Waals surface area contributed by atoms with Crippen molar-refractivity contribution in [3.8, 4) is 0 Å². The summed E-state index contributed by atoms with van der Waals surface area (Å²) in [6, 6.07) is 9.47. The van der Waals surface area contributed by atoms with Crippen LogP contribution in [0, 0.1) is 0 Å². The Morgan fingerprint density at radius 1 is 1.17 bits per heavy atom. The van der Waals surface area contributed by atoms with Gasteiger partial charge in [-0.15, -0.1) is 0 Å². The maximum absolute atomic E-state index is 12.2. The maximum atomic E-state index is 12.2. The normalized spacial score (nSPS) is 14.3. The van der Waals surface area contributed by atoms with E-state index in [0.29, 0.717) is 17.2 Å². The van der Waals surface area contributed by atoms with Crippen molar-refractivity contribution in [2.24, 2.45) is 0 Å². The Labute approximate surface area is 103 Å². The van der Waals surface area contributed by atoms with E-state index in [4.69, 9.17) is 0 Å². The number of aromatic nitrogens is 2. The van der Waals surface area contributed by atoms with E-state index in [1.807, 2.05) is 30.3 Å². The molecule has 2 heterocycles. The van der Waals surface area contributed by atoms with Crippen LogP contribution in [0.4, 0.5) is 0 Å². The summed E-state index contributed by atoms with van der Waals surface area (Å²) in [6.07, 6.45) is 4.25. The van der Waals surface area contributed by atoms with Gasteiger partial charge in [-0.05, 0) is 18.1 Å². The Morgan fingerprint density at radius 2 is 1.94 bits per heavy atom. The van der Waals surface area contributed by atoms with Gasteiger partial charge in [0, 0.05) is 6.54 Å². The fourth-order valence-corrected chi connectivity index (χ4v) is 2.19. The van der Waals surface area contributed by atoms with Crippen molar-refractivity contribution in [3.05, 3.63) is 67.3 Å². The third-order valence-electron chi connectivity index (χ3n) is 3.05. The van der Waals surface area contributed by atoms with Gasteiger partial charge in [0.05, 0.1) is 0 Å². The fourth-order valence-electron chi connectivity index (χ4n) is 2.19. The minimum absolute atomic E-state index is 0.137. The van der Waals surface area contributed by atoms with Gasteiger partial charge in [0.2, 0.25) is 0 Å². The number of fused-ring (bicyclic) bond motifs is 1. The number of nitrogens with one attached hydrogen (secondary N) is 1. The second-order valence-electron chi connectivity index (χ2n) is 4.26. The van der Waals surface area contributed by atoms with Crippen LogP contribution in [0.5, 0.6) is 0 Å². The Morgan fingerprint density at radius 3 is 2.72 bits per heavy atom. The summed E-state index contributed by atoms with van der Waals surface area (Å²) in [4.78, 5) is 26.6. The van der Waals surface area contributed by atoms with Gasteiger partial charge in [-0.3, -0.25) is 9.59 Å². The summed E-state index contributed by atoms with van der Waals surface area (Å²) in [5.74, 6) is 0. The second-order valence-corrected chi connectivity index (χ2v) is 4.26. The van der Waals surface area contributed by atoms with Gasteiger partial charge < -0.3 is 9.55 Å². The van der Waals surface area contributed by atoms with Crippen LogP contribution in [0.25, 0.3) is 12.2 Å². The van der Waals surface area contributed by atoms with Crippen molar-refractivity contribution < 1.29 is 0 Å². The molecule has 0 amide bonds. The van der Waals surface area contributed by atoms with Gasteiger partial charge in [-0.25, -0.2) is 0 Å². The van der Waals surface area contributed by atoms with Crippen LogP contribution in [-0.2, 0) is 6.54 Å². The Hall–Kier alpha value is -2.36. The van der Waals surface area contributed by atoms with E-state index >= 15 is 0 Å². The minimum Gasteiger partial charge on any atom is -0.316 e. The molecule has 3 rings (SSSR count). The van der Waals surface area contributed by atoms with E-state index in [0.717, 1.165) is 12.0 Å². The van der Waals surface area contributed by atoms with Crippen LogP contribution < -0.4 is 21.8 Å². The summed E-state index contributed by atoms with van der Waals surface area (Å²) in [7, 11) is 0. The van der Waals surface area contributed by atoms with Crippen molar-refractivity contribution in [3.63, 3.8) is 0 Å². The number of benzene rings is 1. The zero-order valence-corrected chi connectivity index (χ0v) is 9.72. The first kappa shape index (κ1) is 10.8. The molecular weight excluding hydrogens is 228 g/mol. The largest absolute Gasteiger partial charge is 0.316 e. The molecule has 1 aliphatic heterocycles. The molecule has 0 aliphatic carbocycles. The quantitative estimate of drug-likeness (QED) is 0.734.